The Morgan fingerprint density at radius 1 is 1.24 bits per heavy atom. The molecule has 1 fully saturated rings. The maximum Gasteiger partial charge on any atom is 0.126 e. The van der Waals surface area contributed by atoms with Crippen molar-refractivity contribution in [2.75, 3.05) is 0 Å². The Morgan fingerprint density at radius 2 is 1.88 bits per heavy atom. The van der Waals surface area contributed by atoms with Gasteiger partial charge in [-0.25, -0.2) is 4.39 Å². The van der Waals surface area contributed by atoms with Gasteiger partial charge in [0.05, 0.1) is 0 Å². The van der Waals surface area contributed by atoms with Gasteiger partial charge in [0.2, 0.25) is 0 Å². The van der Waals surface area contributed by atoms with Crippen LogP contribution in [0.1, 0.15) is 44.6 Å². The summed E-state index contributed by atoms with van der Waals surface area (Å²) in [6.45, 7) is 2.26. The molecule has 1 aromatic rings. The zero-order chi connectivity index (χ0) is 12.3. The smallest absolute Gasteiger partial charge is 0.126 e. The van der Waals surface area contributed by atoms with Gasteiger partial charge in [-0.1, -0.05) is 44.4 Å². The molecule has 0 aliphatic heterocycles. The van der Waals surface area contributed by atoms with E-state index in [1.54, 1.807) is 6.07 Å². The minimum absolute atomic E-state index is 0.0692. The van der Waals surface area contributed by atoms with E-state index < -0.39 is 0 Å². The highest BCUT2D eigenvalue weighted by Gasteiger charge is 2.33. The van der Waals surface area contributed by atoms with Crippen molar-refractivity contribution in [3.05, 3.63) is 35.6 Å². The van der Waals surface area contributed by atoms with E-state index in [1.807, 2.05) is 12.1 Å². The first-order valence-corrected chi connectivity index (χ1v) is 6.61. The second kappa shape index (κ2) is 5.18. The van der Waals surface area contributed by atoms with Crippen molar-refractivity contribution in [1.29, 1.82) is 0 Å². The van der Waals surface area contributed by atoms with E-state index >= 15 is 0 Å². The van der Waals surface area contributed by atoms with Gasteiger partial charge in [0, 0.05) is 6.04 Å². The zero-order valence-electron chi connectivity index (χ0n) is 10.6. The number of hydrogen-bond donors (Lipinski definition) is 1. The molecular formula is C15H22FN. The molecule has 1 aliphatic carbocycles. The third-order valence-corrected chi connectivity index (χ3v) is 4.29. The molecular weight excluding hydrogens is 213 g/mol. The lowest BCUT2D eigenvalue weighted by Gasteiger charge is -2.39. The first kappa shape index (κ1) is 12.6. The predicted molar refractivity (Wildman–Crippen MR) is 69.3 cm³/mol. The molecule has 2 N–H and O–H groups in total. The van der Waals surface area contributed by atoms with E-state index in [1.165, 1.54) is 38.2 Å². The molecule has 94 valence electrons. The molecule has 1 saturated carbocycles. The van der Waals surface area contributed by atoms with Crippen LogP contribution in [0.2, 0.25) is 0 Å². The van der Waals surface area contributed by atoms with Gasteiger partial charge in [-0.2, -0.15) is 0 Å². The van der Waals surface area contributed by atoms with E-state index in [0.29, 0.717) is 6.42 Å². The van der Waals surface area contributed by atoms with Crippen LogP contribution < -0.4 is 5.73 Å². The van der Waals surface area contributed by atoms with Crippen LogP contribution in [0.3, 0.4) is 0 Å². The highest BCUT2D eigenvalue weighted by molar-refractivity contribution is 5.19. The molecule has 2 heteroatoms. The van der Waals surface area contributed by atoms with Crippen molar-refractivity contribution in [2.45, 2.75) is 51.5 Å². The van der Waals surface area contributed by atoms with Gasteiger partial charge in [0.1, 0.15) is 5.82 Å². The van der Waals surface area contributed by atoms with Crippen LogP contribution in [-0.2, 0) is 6.42 Å². The van der Waals surface area contributed by atoms with Crippen molar-refractivity contribution in [3.63, 3.8) is 0 Å². The minimum atomic E-state index is -0.123. The Balaban J connectivity index is 2.05. The fourth-order valence-electron chi connectivity index (χ4n) is 2.88. The predicted octanol–water partition coefficient (Wildman–Crippen LogP) is 3.67. The fraction of sp³-hybridized carbons (Fsp3) is 0.600. The second-order valence-electron chi connectivity index (χ2n) is 5.62. The van der Waals surface area contributed by atoms with Crippen LogP contribution in [0, 0.1) is 11.2 Å². The van der Waals surface area contributed by atoms with Gasteiger partial charge in [-0.3, -0.25) is 0 Å². The van der Waals surface area contributed by atoms with Crippen LogP contribution in [0.15, 0.2) is 24.3 Å². The van der Waals surface area contributed by atoms with Crippen molar-refractivity contribution in [2.24, 2.45) is 11.1 Å². The highest BCUT2D eigenvalue weighted by Crippen LogP contribution is 2.39. The van der Waals surface area contributed by atoms with E-state index in [9.17, 15) is 4.39 Å². The normalized spacial score (nSPS) is 21.1. The topological polar surface area (TPSA) is 26.0 Å². The Morgan fingerprint density at radius 3 is 2.53 bits per heavy atom. The van der Waals surface area contributed by atoms with Crippen LogP contribution in [0.5, 0.6) is 0 Å². The van der Waals surface area contributed by atoms with Crippen LogP contribution in [0.4, 0.5) is 4.39 Å². The van der Waals surface area contributed by atoms with Crippen molar-refractivity contribution in [3.8, 4) is 0 Å². The van der Waals surface area contributed by atoms with Crippen molar-refractivity contribution >= 4 is 0 Å². The highest BCUT2D eigenvalue weighted by atomic mass is 19.1. The van der Waals surface area contributed by atoms with Gasteiger partial charge >= 0.3 is 0 Å². The lowest BCUT2D eigenvalue weighted by molar-refractivity contribution is 0.168. The van der Waals surface area contributed by atoms with E-state index in [0.717, 1.165) is 5.56 Å². The van der Waals surface area contributed by atoms with Gasteiger partial charge in [-0.15, -0.1) is 0 Å². The molecule has 0 spiro atoms. The Hall–Kier alpha value is -0.890. The lowest BCUT2D eigenvalue weighted by atomic mass is 9.69. The average Bonchev–Trinajstić information content (AvgIpc) is 2.33. The van der Waals surface area contributed by atoms with Crippen LogP contribution in [-0.4, -0.2) is 6.04 Å². The standard InChI is InChI=1S/C15H22FN/c1-15(9-5-2-6-10-15)14(17)11-12-7-3-4-8-13(12)16/h3-4,7-8,14H,2,5-6,9-11,17H2,1H3. The maximum absolute atomic E-state index is 13.6. The number of benzene rings is 1. The summed E-state index contributed by atoms with van der Waals surface area (Å²) in [6, 6.07) is 7.05. The average molecular weight is 235 g/mol. The van der Waals surface area contributed by atoms with Gasteiger partial charge in [0.25, 0.3) is 0 Å². The number of hydrogen-bond acceptors (Lipinski definition) is 1. The van der Waals surface area contributed by atoms with Crippen LogP contribution in [0.25, 0.3) is 0 Å². The molecule has 1 aliphatic rings. The summed E-state index contributed by atoms with van der Waals surface area (Å²) in [6.07, 6.45) is 6.87. The molecule has 0 bridgehead atoms. The first-order chi connectivity index (χ1) is 8.12. The first-order valence-electron chi connectivity index (χ1n) is 6.61. The summed E-state index contributed by atoms with van der Waals surface area (Å²) in [5.41, 5.74) is 7.27. The third kappa shape index (κ3) is 2.86. The summed E-state index contributed by atoms with van der Waals surface area (Å²) in [5, 5.41) is 0. The molecule has 1 atom stereocenters. The van der Waals surface area contributed by atoms with Gasteiger partial charge in [0.15, 0.2) is 0 Å². The molecule has 0 aromatic heterocycles. The summed E-state index contributed by atoms with van der Waals surface area (Å²) < 4.78 is 13.6. The Bertz CT molecular complexity index is 369. The van der Waals surface area contributed by atoms with Crippen molar-refractivity contribution in [1.82, 2.24) is 0 Å². The quantitative estimate of drug-likeness (QED) is 0.850. The van der Waals surface area contributed by atoms with E-state index in [4.69, 9.17) is 5.73 Å². The maximum atomic E-state index is 13.6. The van der Waals surface area contributed by atoms with Gasteiger partial charge < -0.3 is 5.73 Å². The lowest BCUT2D eigenvalue weighted by Crippen LogP contribution is -2.42. The van der Waals surface area contributed by atoms with E-state index in [-0.39, 0.29) is 17.3 Å². The van der Waals surface area contributed by atoms with E-state index in [2.05, 4.69) is 6.92 Å². The summed E-state index contributed by atoms with van der Waals surface area (Å²) in [7, 11) is 0. The Labute approximate surface area is 103 Å². The SMILES string of the molecule is CC1(C(N)Cc2ccccc2F)CCCCC1. The molecule has 0 amide bonds. The molecule has 1 aromatic carbocycles. The fourth-order valence-corrected chi connectivity index (χ4v) is 2.88. The number of nitrogens with two attached hydrogens (primary N) is 1. The minimum Gasteiger partial charge on any atom is -0.327 e. The molecule has 2 rings (SSSR count). The molecule has 17 heavy (non-hydrogen) atoms. The second-order valence-corrected chi connectivity index (χ2v) is 5.62. The molecule has 1 nitrogen and oxygen atoms in total. The molecule has 0 heterocycles. The van der Waals surface area contributed by atoms with Crippen molar-refractivity contribution < 1.29 is 4.39 Å². The largest absolute Gasteiger partial charge is 0.327 e. The van der Waals surface area contributed by atoms with Gasteiger partial charge in [-0.05, 0) is 36.3 Å². The zero-order valence-corrected chi connectivity index (χ0v) is 10.6. The number of halogens is 1. The number of rotatable bonds is 3. The summed E-state index contributed by atoms with van der Waals surface area (Å²) >= 11 is 0. The molecule has 0 saturated heterocycles. The Kier molecular flexibility index (Phi) is 3.82. The monoisotopic (exact) mass is 235 g/mol. The summed E-state index contributed by atoms with van der Waals surface area (Å²) in [5.74, 6) is -0.123. The molecule has 1 unspecified atom stereocenters. The third-order valence-electron chi connectivity index (χ3n) is 4.29. The molecule has 0 radical (unpaired) electrons. The summed E-state index contributed by atoms with van der Waals surface area (Å²) in [4.78, 5) is 0. The van der Waals surface area contributed by atoms with Crippen LogP contribution >= 0.6 is 0 Å².